The number of aryl methyl sites for hydroxylation is 1. The smallest absolute Gasteiger partial charge is 0.348 e. The summed E-state index contributed by atoms with van der Waals surface area (Å²) in [4.78, 5) is 49.5. The van der Waals surface area contributed by atoms with E-state index < -0.39 is 42.2 Å². The Labute approximate surface area is 226 Å². The minimum atomic E-state index is -1.29. The van der Waals surface area contributed by atoms with Gasteiger partial charge in [-0.25, -0.2) is 14.4 Å². The lowest BCUT2D eigenvalue weighted by Gasteiger charge is -2.24. The highest BCUT2D eigenvalue weighted by Crippen LogP contribution is 2.28. The number of benzene rings is 1. The number of carbonyl (C=O) groups is 4. The predicted octanol–water partition coefficient (Wildman–Crippen LogP) is 5.79. The summed E-state index contributed by atoms with van der Waals surface area (Å²) >= 11 is 0. The zero-order valence-corrected chi connectivity index (χ0v) is 22.9. The average Bonchev–Trinajstić information content (AvgIpc) is 2.90. The molecule has 8 nitrogen and oxygen atoms in total. The Morgan fingerprint density at radius 2 is 1.42 bits per heavy atom. The van der Waals surface area contributed by atoms with Crippen LogP contribution in [0.1, 0.15) is 103 Å². The van der Waals surface area contributed by atoms with Crippen LogP contribution in [0.3, 0.4) is 0 Å². The summed E-state index contributed by atoms with van der Waals surface area (Å²) in [6, 6.07) is 9.74. The van der Waals surface area contributed by atoms with Gasteiger partial charge in [-0.05, 0) is 56.4 Å². The second kappa shape index (κ2) is 17.6. The van der Waals surface area contributed by atoms with Crippen molar-refractivity contribution in [3.63, 3.8) is 0 Å². The lowest BCUT2D eigenvalue weighted by Crippen LogP contribution is -2.38. The van der Waals surface area contributed by atoms with Gasteiger partial charge in [-0.1, -0.05) is 82.2 Å². The molecule has 0 bridgehead atoms. The first-order valence-electron chi connectivity index (χ1n) is 14.1. The quantitative estimate of drug-likeness (QED) is 0.152. The molecule has 1 saturated carbocycles. The van der Waals surface area contributed by atoms with Gasteiger partial charge in [0.25, 0.3) is 0 Å². The van der Waals surface area contributed by atoms with E-state index in [2.05, 4.69) is 0 Å². The maximum absolute atomic E-state index is 13.0. The van der Waals surface area contributed by atoms with Gasteiger partial charge in [-0.2, -0.15) is 0 Å². The van der Waals surface area contributed by atoms with Gasteiger partial charge in [0.05, 0.1) is 0 Å². The molecule has 0 heterocycles. The Hall–Kier alpha value is -2.90. The van der Waals surface area contributed by atoms with Gasteiger partial charge in [-0.3, -0.25) is 4.79 Å². The molecule has 0 amide bonds. The second-order valence-corrected chi connectivity index (χ2v) is 10.2. The van der Waals surface area contributed by atoms with E-state index in [-0.39, 0.29) is 19.3 Å². The number of carbonyl (C=O) groups excluding carboxylic acids is 3. The number of aliphatic carboxylic acids is 1. The highest BCUT2D eigenvalue weighted by molar-refractivity contribution is 5.84. The minimum Gasteiger partial charge on any atom is -0.479 e. The summed E-state index contributed by atoms with van der Waals surface area (Å²) in [7, 11) is 0. The van der Waals surface area contributed by atoms with Crippen molar-refractivity contribution in [2.75, 3.05) is 0 Å². The molecular formula is C30H44O8. The molecule has 0 aliphatic heterocycles. The first-order chi connectivity index (χ1) is 18.3. The van der Waals surface area contributed by atoms with Crippen LogP contribution in [0.15, 0.2) is 30.3 Å². The largest absolute Gasteiger partial charge is 0.479 e. The van der Waals surface area contributed by atoms with Crippen molar-refractivity contribution in [3.05, 3.63) is 35.9 Å². The molecule has 1 aliphatic rings. The van der Waals surface area contributed by atoms with Gasteiger partial charge in [0, 0.05) is 6.92 Å². The van der Waals surface area contributed by atoms with Crippen molar-refractivity contribution in [2.24, 2.45) is 5.92 Å². The fourth-order valence-corrected chi connectivity index (χ4v) is 4.89. The van der Waals surface area contributed by atoms with Crippen LogP contribution in [0.4, 0.5) is 0 Å². The molecular weight excluding hydrogens is 488 g/mol. The van der Waals surface area contributed by atoms with Crippen molar-refractivity contribution in [3.8, 4) is 0 Å². The van der Waals surface area contributed by atoms with Crippen LogP contribution >= 0.6 is 0 Å². The molecule has 0 spiro atoms. The van der Waals surface area contributed by atoms with E-state index in [0.717, 1.165) is 44.1 Å². The number of hydrogen-bond acceptors (Lipinski definition) is 7. The summed E-state index contributed by atoms with van der Waals surface area (Å²) in [6.07, 6.45) is 6.89. The molecule has 0 aromatic heterocycles. The van der Waals surface area contributed by atoms with E-state index in [4.69, 9.17) is 14.2 Å². The predicted molar refractivity (Wildman–Crippen MR) is 142 cm³/mol. The van der Waals surface area contributed by atoms with Crippen LogP contribution in [0.5, 0.6) is 0 Å². The summed E-state index contributed by atoms with van der Waals surface area (Å²) in [5.74, 6) is -3.06. The molecule has 2 rings (SSSR count). The number of esters is 3. The standard InChI is InChI=1S/C30H44O8/c1-3-4-7-18-27(30(35)37-25(28(32)33)21-20-24-15-10-6-11-16-24)38-29(34)26(36-22(2)31)19-12-17-23-13-8-5-9-14-23/h5,8-9,13-14,24-27H,3-4,6-7,10-12,15-21H2,1-2H3,(H,32,33)/t25-,26+,27+/m0/s1. The SMILES string of the molecule is CCCCC[C@@H](OC(=O)[C@@H](CCCc1ccccc1)OC(C)=O)C(=O)O[C@@H](CCC1CCCCC1)C(=O)O. The van der Waals surface area contributed by atoms with Crippen molar-refractivity contribution in [1.29, 1.82) is 0 Å². The molecule has 1 aliphatic carbocycles. The van der Waals surface area contributed by atoms with Gasteiger partial charge < -0.3 is 19.3 Å². The van der Waals surface area contributed by atoms with Crippen LogP contribution in [-0.4, -0.2) is 47.3 Å². The number of rotatable bonds is 17. The monoisotopic (exact) mass is 532 g/mol. The molecule has 1 aromatic rings. The zero-order chi connectivity index (χ0) is 27.8. The highest BCUT2D eigenvalue weighted by Gasteiger charge is 2.33. The lowest BCUT2D eigenvalue weighted by atomic mass is 9.85. The summed E-state index contributed by atoms with van der Waals surface area (Å²) in [5, 5.41) is 9.67. The first kappa shape index (κ1) is 31.3. The molecule has 1 N–H and O–H groups in total. The Kier molecular flexibility index (Phi) is 14.5. The highest BCUT2D eigenvalue weighted by atomic mass is 16.6. The van der Waals surface area contributed by atoms with E-state index in [1.54, 1.807) is 0 Å². The van der Waals surface area contributed by atoms with Gasteiger partial charge in [0.1, 0.15) is 0 Å². The Bertz CT molecular complexity index is 862. The lowest BCUT2D eigenvalue weighted by molar-refractivity contribution is -0.184. The van der Waals surface area contributed by atoms with Crippen LogP contribution in [0, 0.1) is 5.92 Å². The minimum absolute atomic E-state index is 0.212. The third-order valence-electron chi connectivity index (χ3n) is 7.03. The fourth-order valence-electron chi connectivity index (χ4n) is 4.89. The summed E-state index contributed by atoms with van der Waals surface area (Å²) < 4.78 is 16.1. The Morgan fingerprint density at radius 1 is 0.816 bits per heavy atom. The van der Waals surface area contributed by atoms with Crippen molar-refractivity contribution < 1.29 is 38.5 Å². The van der Waals surface area contributed by atoms with E-state index in [1.807, 2.05) is 37.3 Å². The summed E-state index contributed by atoms with van der Waals surface area (Å²) in [5.41, 5.74) is 1.09. The van der Waals surface area contributed by atoms with E-state index in [0.29, 0.717) is 31.6 Å². The Balaban J connectivity index is 2.00. The van der Waals surface area contributed by atoms with E-state index in [1.165, 1.54) is 13.3 Å². The van der Waals surface area contributed by atoms with Crippen LogP contribution in [0.2, 0.25) is 0 Å². The van der Waals surface area contributed by atoms with Crippen molar-refractivity contribution in [1.82, 2.24) is 0 Å². The van der Waals surface area contributed by atoms with E-state index in [9.17, 15) is 24.3 Å². The van der Waals surface area contributed by atoms with Crippen LogP contribution in [0.25, 0.3) is 0 Å². The average molecular weight is 533 g/mol. The van der Waals surface area contributed by atoms with Crippen LogP contribution < -0.4 is 0 Å². The van der Waals surface area contributed by atoms with E-state index >= 15 is 0 Å². The topological polar surface area (TPSA) is 116 Å². The Morgan fingerprint density at radius 3 is 2.03 bits per heavy atom. The van der Waals surface area contributed by atoms with Gasteiger partial charge >= 0.3 is 23.9 Å². The van der Waals surface area contributed by atoms with Gasteiger partial charge in [0.2, 0.25) is 0 Å². The third kappa shape index (κ3) is 12.1. The number of carboxylic acid groups (broad SMARTS) is 1. The fraction of sp³-hybridized carbons (Fsp3) is 0.667. The molecule has 8 heteroatoms. The molecule has 3 atom stereocenters. The normalized spacial score (nSPS) is 16.2. The number of unbranched alkanes of at least 4 members (excludes halogenated alkanes) is 2. The maximum Gasteiger partial charge on any atom is 0.348 e. The third-order valence-corrected chi connectivity index (χ3v) is 7.03. The van der Waals surface area contributed by atoms with Crippen LogP contribution in [-0.2, 0) is 39.8 Å². The van der Waals surface area contributed by atoms with Gasteiger partial charge in [-0.15, -0.1) is 0 Å². The second-order valence-electron chi connectivity index (χ2n) is 10.2. The molecule has 1 fully saturated rings. The molecule has 38 heavy (non-hydrogen) atoms. The molecule has 0 unspecified atom stereocenters. The molecule has 0 radical (unpaired) electrons. The molecule has 1 aromatic carbocycles. The first-order valence-corrected chi connectivity index (χ1v) is 14.1. The molecule has 212 valence electrons. The number of carboxylic acids is 1. The van der Waals surface area contributed by atoms with Crippen molar-refractivity contribution >= 4 is 23.9 Å². The molecule has 0 saturated heterocycles. The zero-order valence-electron chi connectivity index (χ0n) is 22.9. The maximum atomic E-state index is 13.0. The van der Waals surface area contributed by atoms with Gasteiger partial charge in [0.15, 0.2) is 18.3 Å². The number of hydrogen-bond donors (Lipinski definition) is 1. The van der Waals surface area contributed by atoms with Crippen molar-refractivity contribution in [2.45, 2.75) is 122 Å². The summed E-state index contributed by atoms with van der Waals surface area (Å²) in [6.45, 7) is 3.22. The number of ether oxygens (including phenoxy) is 3.